The van der Waals surface area contributed by atoms with E-state index in [-0.39, 0.29) is 0 Å². The molecule has 0 saturated heterocycles. The number of para-hydroxylation sites is 1. The van der Waals surface area contributed by atoms with Crippen molar-refractivity contribution < 1.29 is 4.74 Å². The second kappa shape index (κ2) is 7.19. The van der Waals surface area contributed by atoms with E-state index in [9.17, 15) is 0 Å². The molecule has 4 aromatic rings. The Bertz CT molecular complexity index is 980. The molecule has 0 bridgehead atoms. The van der Waals surface area contributed by atoms with Gasteiger partial charge < -0.3 is 4.74 Å². The molecule has 0 fully saturated rings. The first-order valence-corrected chi connectivity index (χ1v) is 8.51. The third-order valence-corrected chi connectivity index (χ3v) is 4.02. The molecule has 128 valence electrons. The van der Waals surface area contributed by atoms with Crippen molar-refractivity contribution in [2.45, 2.75) is 6.92 Å². The maximum absolute atomic E-state index is 5.54. The minimum absolute atomic E-state index is 0.644. The first kappa shape index (κ1) is 16.0. The highest BCUT2D eigenvalue weighted by atomic mass is 16.5. The first-order chi connectivity index (χ1) is 12.9. The number of pyridine rings is 1. The number of aromatic nitrogens is 4. The Balaban J connectivity index is 1.86. The van der Waals surface area contributed by atoms with Gasteiger partial charge in [0.2, 0.25) is 0 Å². The molecule has 2 heterocycles. The van der Waals surface area contributed by atoms with Gasteiger partial charge in [-0.1, -0.05) is 18.2 Å². The van der Waals surface area contributed by atoms with Crippen molar-refractivity contribution in [3.8, 4) is 34.2 Å². The number of benzene rings is 2. The predicted octanol–water partition coefficient (Wildman–Crippen LogP) is 4.40. The average molecular weight is 342 g/mol. The first-order valence-electron chi connectivity index (χ1n) is 8.51. The molecule has 0 aliphatic carbocycles. The highest BCUT2D eigenvalue weighted by molar-refractivity contribution is 5.66. The molecule has 0 aliphatic rings. The zero-order chi connectivity index (χ0) is 17.8. The molecule has 5 nitrogen and oxygen atoms in total. The van der Waals surface area contributed by atoms with Crippen LogP contribution in [-0.4, -0.2) is 26.4 Å². The van der Waals surface area contributed by atoms with E-state index >= 15 is 0 Å². The Hall–Kier alpha value is -3.47. The summed E-state index contributed by atoms with van der Waals surface area (Å²) >= 11 is 0. The number of nitrogens with zero attached hydrogens (tertiary/aromatic N) is 4. The van der Waals surface area contributed by atoms with Gasteiger partial charge in [0.25, 0.3) is 0 Å². The SMILES string of the molecule is CCOc1ccc(-c2nnc(-c3cccnc3)n2-c2ccccc2)cc1. The van der Waals surface area contributed by atoms with Crippen molar-refractivity contribution in [3.05, 3.63) is 79.1 Å². The monoisotopic (exact) mass is 342 g/mol. The molecule has 5 heteroatoms. The second-order valence-corrected chi connectivity index (χ2v) is 5.72. The fourth-order valence-electron chi connectivity index (χ4n) is 2.84. The van der Waals surface area contributed by atoms with Gasteiger partial charge in [0, 0.05) is 29.2 Å². The van der Waals surface area contributed by atoms with Crippen molar-refractivity contribution >= 4 is 0 Å². The lowest BCUT2D eigenvalue weighted by Crippen LogP contribution is -2.00. The molecule has 0 aliphatic heterocycles. The van der Waals surface area contributed by atoms with Gasteiger partial charge in [-0.25, -0.2) is 0 Å². The van der Waals surface area contributed by atoms with E-state index in [0.29, 0.717) is 6.61 Å². The van der Waals surface area contributed by atoms with Crippen LogP contribution in [0.2, 0.25) is 0 Å². The number of ether oxygens (including phenoxy) is 1. The van der Waals surface area contributed by atoms with Gasteiger partial charge in [0.15, 0.2) is 11.6 Å². The second-order valence-electron chi connectivity index (χ2n) is 5.72. The molecule has 0 saturated carbocycles. The largest absolute Gasteiger partial charge is 0.494 e. The van der Waals surface area contributed by atoms with Crippen LogP contribution in [-0.2, 0) is 0 Å². The lowest BCUT2D eigenvalue weighted by molar-refractivity contribution is 0.340. The molecule has 26 heavy (non-hydrogen) atoms. The lowest BCUT2D eigenvalue weighted by atomic mass is 10.2. The van der Waals surface area contributed by atoms with Crippen molar-refractivity contribution in [1.29, 1.82) is 0 Å². The van der Waals surface area contributed by atoms with Crippen LogP contribution in [0.25, 0.3) is 28.5 Å². The zero-order valence-corrected chi connectivity index (χ0v) is 14.4. The van der Waals surface area contributed by atoms with Gasteiger partial charge in [-0.3, -0.25) is 9.55 Å². The van der Waals surface area contributed by atoms with Gasteiger partial charge in [-0.05, 0) is 55.5 Å². The molecule has 4 rings (SSSR count). The van der Waals surface area contributed by atoms with Gasteiger partial charge in [-0.15, -0.1) is 10.2 Å². The van der Waals surface area contributed by atoms with Crippen LogP contribution in [0.3, 0.4) is 0 Å². The van der Waals surface area contributed by atoms with E-state index in [2.05, 4.69) is 15.2 Å². The van der Waals surface area contributed by atoms with E-state index in [4.69, 9.17) is 4.74 Å². The number of rotatable bonds is 5. The Morgan fingerprint density at radius 1 is 0.808 bits per heavy atom. The van der Waals surface area contributed by atoms with Crippen LogP contribution in [0.4, 0.5) is 0 Å². The fourth-order valence-corrected chi connectivity index (χ4v) is 2.84. The van der Waals surface area contributed by atoms with Crippen LogP contribution in [0.5, 0.6) is 5.75 Å². The Morgan fingerprint density at radius 2 is 1.54 bits per heavy atom. The summed E-state index contributed by atoms with van der Waals surface area (Å²) in [6.07, 6.45) is 3.55. The average Bonchev–Trinajstić information content (AvgIpc) is 3.15. The normalized spacial score (nSPS) is 10.7. The summed E-state index contributed by atoms with van der Waals surface area (Å²) < 4.78 is 7.58. The molecular weight excluding hydrogens is 324 g/mol. The van der Waals surface area contributed by atoms with Crippen LogP contribution in [0.15, 0.2) is 79.1 Å². The molecule has 2 aromatic heterocycles. The maximum atomic E-state index is 5.54. The lowest BCUT2D eigenvalue weighted by Gasteiger charge is -2.11. The standard InChI is InChI=1S/C21H18N4O/c1-2-26-19-12-10-16(11-13-19)20-23-24-21(17-7-6-14-22-15-17)25(20)18-8-4-3-5-9-18/h3-15H,2H2,1H3. The van der Waals surface area contributed by atoms with E-state index in [1.807, 2.05) is 78.2 Å². The van der Waals surface area contributed by atoms with Gasteiger partial charge in [0.05, 0.1) is 6.61 Å². The molecule has 0 spiro atoms. The van der Waals surface area contributed by atoms with Gasteiger partial charge in [0.1, 0.15) is 5.75 Å². The Labute approximate surface area is 151 Å². The van der Waals surface area contributed by atoms with Gasteiger partial charge >= 0.3 is 0 Å². The summed E-state index contributed by atoms with van der Waals surface area (Å²) in [5.74, 6) is 2.38. The fraction of sp³-hybridized carbons (Fsp3) is 0.0952. The van der Waals surface area contributed by atoms with Crippen LogP contribution >= 0.6 is 0 Å². The zero-order valence-electron chi connectivity index (χ0n) is 14.4. The topological polar surface area (TPSA) is 52.8 Å². The summed E-state index contributed by atoms with van der Waals surface area (Å²) in [4.78, 5) is 4.21. The molecule has 0 radical (unpaired) electrons. The Kier molecular flexibility index (Phi) is 4.43. The van der Waals surface area contributed by atoms with Crippen LogP contribution in [0, 0.1) is 0 Å². The molecule has 0 amide bonds. The molecular formula is C21H18N4O. The quantitative estimate of drug-likeness (QED) is 0.539. The van der Waals surface area contributed by atoms with Crippen molar-refractivity contribution in [2.24, 2.45) is 0 Å². The Morgan fingerprint density at radius 3 is 2.19 bits per heavy atom. The molecule has 0 atom stereocenters. The molecule has 2 aromatic carbocycles. The van der Waals surface area contributed by atoms with E-state index < -0.39 is 0 Å². The van der Waals surface area contributed by atoms with E-state index in [1.54, 1.807) is 12.4 Å². The summed E-state index contributed by atoms with van der Waals surface area (Å²) in [6, 6.07) is 21.9. The molecule has 0 N–H and O–H groups in total. The third kappa shape index (κ3) is 3.07. The van der Waals surface area contributed by atoms with Crippen molar-refractivity contribution in [3.63, 3.8) is 0 Å². The summed E-state index contributed by atoms with van der Waals surface area (Å²) in [7, 11) is 0. The summed E-state index contributed by atoms with van der Waals surface area (Å²) in [6.45, 7) is 2.62. The minimum atomic E-state index is 0.644. The molecule has 0 unspecified atom stereocenters. The van der Waals surface area contributed by atoms with Crippen LogP contribution < -0.4 is 4.74 Å². The summed E-state index contributed by atoms with van der Waals surface area (Å²) in [5, 5.41) is 8.90. The van der Waals surface area contributed by atoms with Gasteiger partial charge in [-0.2, -0.15) is 0 Å². The maximum Gasteiger partial charge on any atom is 0.170 e. The third-order valence-electron chi connectivity index (χ3n) is 4.02. The number of hydrogen-bond donors (Lipinski definition) is 0. The predicted molar refractivity (Wildman–Crippen MR) is 101 cm³/mol. The highest BCUT2D eigenvalue weighted by Gasteiger charge is 2.17. The van der Waals surface area contributed by atoms with E-state index in [1.165, 1.54) is 0 Å². The highest BCUT2D eigenvalue weighted by Crippen LogP contribution is 2.29. The van der Waals surface area contributed by atoms with Crippen molar-refractivity contribution in [1.82, 2.24) is 19.7 Å². The smallest absolute Gasteiger partial charge is 0.170 e. The van der Waals surface area contributed by atoms with Crippen molar-refractivity contribution in [2.75, 3.05) is 6.61 Å². The minimum Gasteiger partial charge on any atom is -0.494 e. The van der Waals surface area contributed by atoms with Crippen LogP contribution in [0.1, 0.15) is 6.92 Å². The van der Waals surface area contributed by atoms with E-state index in [0.717, 1.165) is 34.2 Å². The summed E-state index contributed by atoms with van der Waals surface area (Å²) in [5.41, 5.74) is 2.89. The number of hydrogen-bond acceptors (Lipinski definition) is 4.